The Morgan fingerprint density at radius 2 is 1.88 bits per heavy atom. The summed E-state index contributed by atoms with van der Waals surface area (Å²) in [7, 11) is 0. The van der Waals surface area contributed by atoms with Gasteiger partial charge in [0, 0.05) is 18.2 Å². The number of anilines is 1. The van der Waals surface area contributed by atoms with E-state index in [1.807, 2.05) is 68.4 Å². The first-order valence-corrected chi connectivity index (χ1v) is 8.31. The Labute approximate surface area is 148 Å². The van der Waals surface area contributed by atoms with Gasteiger partial charge in [-0.2, -0.15) is 0 Å². The van der Waals surface area contributed by atoms with Crippen LogP contribution in [0.2, 0.25) is 0 Å². The topological polar surface area (TPSA) is 50.4 Å². The van der Waals surface area contributed by atoms with Gasteiger partial charge in [0.1, 0.15) is 12.4 Å². The van der Waals surface area contributed by atoms with Crippen molar-refractivity contribution in [3.8, 4) is 5.75 Å². The van der Waals surface area contributed by atoms with Crippen molar-refractivity contribution in [2.75, 3.05) is 5.32 Å². The minimum Gasteiger partial charge on any atom is -0.489 e. The van der Waals surface area contributed by atoms with Crippen LogP contribution in [-0.4, -0.2) is 11.0 Å². The number of hydrogen-bond donors (Lipinski definition) is 2. The highest BCUT2D eigenvalue weighted by atomic mass is 32.1. The minimum absolute atomic E-state index is 0.0843. The monoisotopic (exact) mass is 342 g/mol. The molecule has 0 unspecified atom stereocenters. The number of ether oxygens (including phenoxy) is 1. The van der Waals surface area contributed by atoms with Crippen LogP contribution in [0, 0.1) is 5.92 Å². The molecular weight excluding hydrogens is 320 g/mol. The van der Waals surface area contributed by atoms with E-state index < -0.39 is 0 Å². The molecule has 0 aliphatic carbocycles. The van der Waals surface area contributed by atoms with Crippen LogP contribution in [0.5, 0.6) is 5.75 Å². The number of benzene rings is 2. The van der Waals surface area contributed by atoms with Crippen molar-refractivity contribution in [3.63, 3.8) is 0 Å². The summed E-state index contributed by atoms with van der Waals surface area (Å²) in [6.45, 7) is 4.48. The quantitative estimate of drug-likeness (QED) is 0.775. The van der Waals surface area contributed by atoms with Crippen molar-refractivity contribution in [2.24, 2.45) is 5.92 Å². The van der Waals surface area contributed by atoms with Crippen molar-refractivity contribution in [1.82, 2.24) is 5.32 Å². The van der Waals surface area contributed by atoms with Crippen LogP contribution in [-0.2, 0) is 11.4 Å². The highest BCUT2D eigenvalue weighted by Gasteiger charge is 2.07. The maximum absolute atomic E-state index is 11.7. The second-order valence-electron chi connectivity index (χ2n) is 5.90. The Balaban J connectivity index is 1.88. The summed E-state index contributed by atoms with van der Waals surface area (Å²) in [5.74, 6) is 0.946. The van der Waals surface area contributed by atoms with E-state index in [0.717, 1.165) is 17.0 Å². The highest BCUT2D eigenvalue weighted by Crippen LogP contribution is 2.18. The number of hydrogen-bond acceptors (Lipinski definition) is 3. The SMILES string of the molecule is CC(C)CC(=O)NC(=S)Nc1cccc(OCc2ccccc2)c1. The summed E-state index contributed by atoms with van der Waals surface area (Å²) in [6.07, 6.45) is 0.446. The van der Waals surface area contributed by atoms with E-state index in [2.05, 4.69) is 10.6 Å². The van der Waals surface area contributed by atoms with Gasteiger partial charge in [-0.3, -0.25) is 4.79 Å². The van der Waals surface area contributed by atoms with Crippen LogP contribution in [0.25, 0.3) is 0 Å². The Hall–Kier alpha value is -2.40. The van der Waals surface area contributed by atoms with Crippen LogP contribution < -0.4 is 15.4 Å². The van der Waals surface area contributed by atoms with Crippen LogP contribution in [0.3, 0.4) is 0 Å². The zero-order valence-electron chi connectivity index (χ0n) is 13.9. The molecule has 0 saturated carbocycles. The predicted octanol–water partition coefficient (Wildman–Crippen LogP) is 4.12. The van der Waals surface area contributed by atoms with Crippen LogP contribution in [0.15, 0.2) is 54.6 Å². The molecule has 2 aromatic carbocycles. The molecule has 0 aliphatic heterocycles. The third-order valence-corrected chi connectivity index (χ3v) is 3.39. The largest absolute Gasteiger partial charge is 0.489 e. The fraction of sp³-hybridized carbons (Fsp3) is 0.263. The van der Waals surface area contributed by atoms with Gasteiger partial charge in [-0.25, -0.2) is 0 Å². The number of thiocarbonyl (C=S) groups is 1. The van der Waals surface area contributed by atoms with Gasteiger partial charge >= 0.3 is 0 Å². The highest BCUT2D eigenvalue weighted by molar-refractivity contribution is 7.80. The van der Waals surface area contributed by atoms with Crippen molar-refractivity contribution in [3.05, 3.63) is 60.2 Å². The first-order chi connectivity index (χ1) is 11.5. The maximum atomic E-state index is 11.7. The van der Waals surface area contributed by atoms with Gasteiger partial charge in [-0.05, 0) is 35.8 Å². The summed E-state index contributed by atoms with van der Waals surface area (Å²) in [4.78, 5) is 11.7. The number of rotatable bonds is 6. The van der Waals surface area contributed by atoms with Gasteiger partial charge in [-0.15, -0.1) is 0 Å². The van der Waals surface area contributed by atoms with E-state index in [1.54, 1.807) is 0 Å². The molecule has 0 bridgehead atoms. The predicted molar refractivity (Wildman–Crippen MR) is 101 cm³/mol. The van der Waals surface area contributed by atoms with E-state index in [1.165, 1.54) is 0 Å². The molecule has 0 radical (unpaired) electrons. The fourth-order valence-corrected chi connectivity index (χ4v) is 2.35. The van der Waals surface area contributed by atoms with E-state index in [9.17, 15) is 4.79 Å². The molecule has 126 valence electrons. The van der Waals surface area contributed by atoms with Gasteiger partial charge in [-0.1, -0.05) is 50.2 Å². The molecule has 24 heavy (non-hydrogen) atoms. The normalized spacial score (nSPS) is 10.3. The van der Waals surface area contributed by atoms with E-state index >= 15 is 0 Å². The van der Waals surface area contributed by atoms with Crippen LogP contribution in [0.1, 0.15) is 25.8 Å². The molecule has 0 atom stereocenters. The number of carbonyl (C=O) groups is 1. The molecule has 0 aromatic heterocycles. The molecule has 2 N–H and O–H groups in total. The standard InChI is InChI=1S/C19H22N2O2S/c1-14(2)11-18(22)21-19(24)20-16-9-6-10-17(12-16)23-13-15-7-4-3-5-8-15/h3-10,12,14H,11,13H2,1-2H3,(H2,20,21,22,24). The minimum atomic E-state index is -0.0843. The molecule has 1 amide bonds. The molecule has 0 spiro atoms. The Morgan fingerprint density at radius 1 is 1.12 bits per heavy atom. The smallest absolute Gasteiger partial charge is 0.226 e. The fourth-order valence-electron chi connectivity index (χ4n) is 2.12. The van der Waals surface area contributed by atoms with Gasteiger partial charge in [0.15, 0.2) is 5.11 Å². The Kier molecular flexibility index (Phi) is 6.75. The van der Waals surface area contributed by atoms with Crippen LogP contribution >= 0.6 is 12.2 Å². The van der Waals surface area contributed by atoms with Crippen molar-refractivity contribution >= 4 is 28.9 Å². The Morgan fingerprint density at radius 3 is 2.58 bits per heavy atom. The van der Waals surface area contributed by atoms with E-state index in [4.69, 9.17) is 17.0 Å². The maximum Gasteiger partial charge on any atom is 0.226 e. The van der Waals surface area contributed by atoms with Crippen molar-refractivity contribution in [2.45, 2.75) is 26.9 Å². The van der Waals surface area contributed by atoms with Gasteiger partial charge in [0.2, 0.25) is 5.91 Å². The Bertz CT molecular complexity index is 687. The van der Waals surface area contributed by atoms with Gasteiger partial charge in [0.25, 0.3) is 0 Å². The summed E-state index contributed by atoms with van der Waals surface area (Å²) in [5, 5.41) is 5.97. The van der Waals surface area contributed by atoms with Crippen molar-refractivity contribution < 1.29 is 9.53 Å². The molecule has 4 nitrogen and oxygen atoms in total. The number of carbonyl (C=O) groups excluding carboxylic acids is 1. The summed E-state index contributed by atoms with van der Waals surface area (Å²) >= 11 is 5.17. The third-order valence-electron chi connectivity index (χ3n) is 3.19. The summed E-state index contributed by atoms with van der Waals surface area (Å²) in [6, 6.07) is 17.4. The lowest BCUT2D eigenvalue weighted by molar-refractivity contribution is -0.120. The molecule has 0 saturated heterocycles. The molecular formula is C19H22N2O2S. The second-order valence-corrected chi connectivity index (χ2v) is 6.31. The second kappa shape index (κ2) is 9.03. The summed E-state index contributed by atoms with van der Waals surface area (Å²) in [5.41, 5.74) is 1.88. The molecule has 0 aliphatic rings. The average molecular weight is 342 g/mol. The molecule has 2 rings (SSSR count). The van der Waals surface area contributed by atoms with Gasteiger partial charge < -0.3 is 15.4 Å². The first-order valence-electron chi connectivity index (χ1n) is 7.90. The molecule has 5 heteroatoms. The lowest BCUT2D eigenvalue weighted by Gasteiger charge is -2.12. The summed E-state index contributed by atoms with van der Waals surface area (Å²) < 4.78 is 5.78. The first kappa shape index (κ1) is 17.9. The number of amides is 1. The molecule has 0 fully saturated rings. The molecule has 0 heterocycles. The zero-order chi connectivity index (χ0) is 17.4. The average Bonchev–Trinajstić information content (AvgIpc) is 2.53. The zero-order valence-corrected chi connectivity index (χ0v) is 14.7. The van der Waals surface area contributed by atoms with Gasteiger partial charge in [0.05, 0.1) is 0 Å². The molecule has 2 aromatic rings. The third kappa shape index (κ3) is 6.38. The van der Waals surface area contributed by atoms with Crippen molar-refractivity contribution in [1.29, 1.82) is 0 Å². The lowest BCUT2D eigenvalue weighted by Crippen LogP contribution is -2.34. The van der Waals surface area contributed by atoms with E-state index in [0.29, 0.717) is 24.1 Å². The number of nitrogens with one attached hydrogen (secondary N) is 2. The van der Waals surface area contributed by atoms with Crippen LogP contribution in [0.4, 0.5) is 5.69 Å². The van der Waals surface area contributed by atoms with E-state index in [-0.39, 0.29) is 5.91 Å². The lowest BCUT2D eigenvalue weighted by atomic mass is 10.1.